The van der Waals surface area contributed by atoms with E-state index in [0.717, 1.165) is 37.5 Å². The number of ether oxygens (including phenoxy) is 1. The van der Waals surface area contributed by atoms with Gasteiger partial charge in [0.1, 0.15) is 12.1 Å². The van der Waals surface area contributed by atoms with E-state index in [1.165, 1.54) is 17.3 Å². The van der Waals surface area contributed by atoms with Crippen molar-refractivity contribution in [1.29, 1.82) is 0 Å². The van der Waals surface area contributed by atoms with Crippen LogP contribution in [0.4, 0.5) is 0 Å². The van der Waals surface area contributed by atoms with Crippen molar-refractivity contribution in [1.82, 2.24) is 25.0 Å². The molecule has 1 unspecified atom stereocenters. The molecule has 8 heteroatoms. The molecule has 1 fully saturated rings. The maximum Gasteiger partial charge on any atom is 0.230 e. The normalized spacial score (nSPS) is 16.5. The van der Waals surface area contributed by atoms with Gasteiger partial charge in [0.2, 0.25) is 5.91 Å². The average molecular weight is 424 g/mol. The molecule has 1 atom stereocenters. The summed E-state index contributed by atoms with van der Waals surface area (Å²) in [5.41, 5.74) is 2.15. The number of nitrogens with zero attached hydrogens (tertiary/aromatic N) is 4. The van der Waals surface area contributed by atoms with Crippen LogP contribution < -0.4 is 10.1 Å². The van der Waals surface area contributed by atoms with Crippen LogP contribution in [0.3, 0.4) is 0 Å². The third kappa shape index (κ3) is 5.01. The van der Waals surface area contributed by atoms with Crippen molar-refractivity contribution in [3.8, 4) is 11.4 Å². The fourth-order valence-corrected chi connectivity index (χ4v) is 4.38. The Kier molecular flexibility index (Phi) is 6.66. The molecule has 0 saturated carbocycles. The number of thioether (sulfide) groups is 1. The molecule has 0 aliphatic carbocycles. The number of hydrogen-bond acceptors (Lipinski definition) is 6. The summed E-state index contributed by atoms with van der Waals surface area (Å²) in [4.78, 5) is 14.9. The first-order chi connectivity index (χ1) is 14.7. The van der Waals surface area contributed by atoms with E-state index >= 15 is 0 Å². The molecule has 0 radical (unpaired) electrons. The van der Waals surface area contributed by atoms with Crippen LogP contribution in [0.25, 0.3) is 5.69 Å². The topological polar surface area (TPSA) is 72.3 Å². The third-order valence-electron chi connectivity index (χ3n) is 5.08. The number of methoxy groups -OCH3 is 1. The molecule has 0 bridgehead atoms. The lowest BCUT2D eigenvalue weighted by atomic mass is 10.2. The minimum Gasteiger partial charge on any atom is -0.495 e. The van der Waals surface area contributed by atoms with Crippen molar-refractivity contribution >= 4 is 17.7 Å². The largest absolute Gasteiger partial charge is 0.495 e. The van der Waals surface area contributed by atoms with E-state index in [4.69, 9.17) is 4.74 Å². The van der Waals surface area contributed by atoms with Crippen LogP contribution in [-0.2, 0) is 11.3 Å². The number of para-hydroxylation sites is 2. The Hall–Kier alpha value is -2.84. The number of carbonyl (C=O) groups excluding carboxylic acids is 1. The van der Waals surface area contributed by atoms with Gasteiger partial charge in [0.05, 0.1) is 18.6 Å². The molecule has 1 aromatic heterocycles. The quantitative estimate of drug-likeness (QED) is 0.562. The highest BCUT2D eigenvalue weighted by Gasteiger charge is 2.24. The molecule has 1 aliphatic rings. The lowest BCUT2D eigenvalue weighted by Gasteiger charge is -2.16. The monoisotopic (exact) mass is 423 g/mol. The summed E-state index contributed by atoms with van der Waals surface area (Å²) >= 11 is 1.37. The molecular weight excluding hydrogens is 398 g/mol. The van der Waals surface area contributed by atoms with Gasteiger partial charge in [-0.2, -0.15) is 0 Å². The lowest BCUT2D eigenvalue weighted by molar-refractivity contribution is -0.119. The summed E-state index contributed by atoms with van der Waals surface area (Å²) in [7, 11) is 1.63. The number of amides is 1. The van der Waals surface area contributed by atoms with Crippen molar-refractivity contribution in [2.45, 2.75) is 24.2 Å². The van der Waals surface area contributed by atoms with Crippen molar-refractivity contribution < 1.29 is 9.53 Å². The number of rotatable bonds is 8. The van der Waals surface area contributed by atoms with Gasteiger partial charge in [-0.25, -0.2) is 0 Å². The predicted molar refractivity (Wildman–Crippen MR) is 117 cm³/mol. The molecule has 1 amide bonds. The second-order valence-electron chi connectivity index (χ2n) is 7.22. The van der Waals surface area contributed by atoms with Crippen LogP contribution in [0, 0.1) is 0 Å². The second kappa shape index (κ2) is 9.77. The zero-order chi connectivity index (χ0) is 20.8. The first-order valence-corrected chi connectivity index (χ1v) is 10.9. The van der Waals surface area contributed by atoms with Gasteiger partial charge in [-0.3, -0.25) is 14.3 Å². The van der Waals surface area contributed by atoms with E-state index in [9.17, 15) is 4.79 Å². The molecule has 2 heterocycles. The van der Waals surface area contributed by atoms with Crippen molar-refractivity contribution in [3.05, 3.63) is 66.5 Å². The highest BCUT2D eigenvalue weighted by atomic mass is 32.2. The maximum absolute atomic E-state index is 12.5. The molecule has 7 nitrogen and oxygen atoms in total. The van der Waals surface area contributed by atoms with E-state index in [-0.39, 0.29) is 11.9 Å². The van der Waals surface area contributed by atoms with Crippen molar-refractivity contribution in [3.63, 3.8) is 0 Å². The highest BCUT2D eigenvalue weighted by molar-refractivity contribution is 7.99. The molecule has 4 rings (SSSR count). The van der Waals surface area contributed by atoms with Gasteiger partial charge >= 0.3 is 0 Å². The van der Waals surface area contributed by atoms with Crippen LogP contribution in [0.15, 0.2) is 66.1 Å². The number of hydrogen-bond donors (Lipinski definition) is 1. The minimum absolute atomic E-state index is 0.0149. The van der Waals surface area contributed by atoms with Crippen molar-refractivity contribution in [2.24, 2.45) is 0 Å². The summed E-state index contributed by atoms with van der Waals surface area (Å²) in [5, 5.41) is 12.0. The first kappa shape index (κ1) is 20.4. The van der Waals surface area contributed by atoms with E-state index in [1.807, 2.05) is 34.9 Å². The van der Waals surface area contributed by atoms with Crippen LogP contribution in [0.1, 0.15) is 12.0 Å². The smallest absolute Gasteiger partial charge is 0.230 e. The molecule has 1 N–H and O–H groups in total. The Morgan fingerprint density at radius 3 is 2.83 bits per heavy atom. The fourth-order valence-electron chi connectivity index (χ4n) is 3.65. The Morgan fingerprint density at radius 1 is 1.20 bits per heavy atom. The van der Waals surface area contributed by atoms with Crippen LogP contribution in [0.5, 0.6) is 5.75 Å². The van der Waals surface area contributed by atoms with Crippen LogP contribution in [-0.4, -0.2) is 57.6 Å². The standard InChI is InChI=1S/C22H25N5O2S/c1-29-20-10-6-5-9-19(20)27-16-23-25-22(27)30-15-21(28)24-18-11-12-26(14-18)13-17-7-3-2-4-8-17/h2-10,16,18H,11-15H2,1H3,(H,24,28). The van der Waals surface area contributed by atoms with Gasteiger partial charge in [-0.15, -0.1) is 10.2 Å². The highest BCUT2D eigenvalue weighted by Crippen LogP contribution is 2.26. The second-order valence-corrected chi connectivity index (χ2v) is 8.16. The number of nitrogens with one attached hydrogen (secondary N) is 1. The van der Waals surface area contributed by atoms with Gasteiger partial charge < -0.3 is 10.1 Å². The molecule has 1 saturated heterocycles. The van der Waals surface area contributed by atoms with Gasteiger partial charge in [0.15, 0.2) is 5.16 Å². The molecular formula is C22H25N5O2S. The first-order valence-electron chi connectivity index (χ1n) is 9.95. The van der Waals surface area contributed by atoms with E-state index < -0.39 is 0 Å². The number of aromatic nitrogens is 3. The van der Waals surface area contributed by atoms with Gasteiger partial charge in [0.25, 0.3) is 0 Å². The maximum atomic E-state index is 12.5. The van der Waals surface area contributed by atoms with Crippen LogP contribution >= 0.6 is 11.8 Å². The Morgan fingerprint density at radius 2 is 2.00 bits per heavy atom. The van der Waals surface area contributed by atoms with E-state index in [1.54, 1.807) is 13.4 Å². The summed E-state index contributed by atoms with van der Waals surface area (Å²) in [5.74, 6) is 1.04. The molecule has 0 spiro atoms. The number of carbonyl (C=O) groups is 1. The zero-order valence-electron chi connectivity index (χ0n) is 16.9. The SMILES string of the molecule is COc1ccccc1-n1cnnc1SCC(=O)NC1CCN(Cc2ccccc2)C1. The molecule has 3 aromatic rings. The summed E-state index contributed by atoms with van der Waals surface area (Å²) in [6, 6.07) is 18.3. The van der Waals surface area contributed by atoms with Gasteiger partial charge in [-0.05, 0) is 24.1 Å². The lowest BCUT2D eigenvalue weighted by Crippen LogP contribution is -2.38. The minimum atomic E-state index is 0.0149. The Balaban J connectivity index is 1.29. The van der Waals surface area contributed by atoms with Gasteiger partial charge in [-0.1, -0.05) is 54.2 Å². The number of benzene rings is 2. The zero-order valence-corrected chi connectivity index (χ0v) is 17.7. The van der Waals surface area contributed by atoms with Crippen LogP contribution in [0.2, 0.25) is 0 Å². The van der Waals surface area contributed by atoms with E-state index in [0.29, 0.717) is 10.9 Å². The summed E-state index contributed by atoms with van der Waals surface area (Å²) < 4.78 is 7.26. The number of likely N-dealkylation sites (tertiary alicyclic amines) is 1. The summed E-state index contributed by atoms with van der Waals surface area (Å²) in [6.45, 7) is 2.79. The molecule has 2 aromatic carbocycles. The summed E-state index contributed by atoms with van der Waals surface area (Å²) in [6.07, 6.45) is 2.61. The molecule has 1 aliphatic heterocycles. The predicted octanol–water partition coefficient (Wildman–Crippen LogP) is 2.76. The molecule has 30 heavy (non-hydrogen) atoms. The average Bonchev–Trinajstić information content (AvgIpc) is 3.42. The Labute approximate surface area is 180 Å². The van der Waals surface area contributed by atoms with E-state index in [2.05, 4.69) is 44.7 Å². The Bertz CT molecular complexity index is 978. The van der Waals surface area contributed by atoms with Crippen molar-refractivity contribution in [2.75, 3.05) is 26.0 Å². The molecule has 156 valence electrons. The third-order valence-corrected chi connectivity index (χ3v) is 6.02. The van der Waals surface area contributed by atoms with Gasteiger partial charge in [0, 0.05) is 25.7 Å². The fraction of sp³-hybridized carbons (Fsp3) is 0.318.